The van der Waals surface area contributed by atoms with Gasteiger partial charge in [-0.3, -0.25) is 11.8 Å². The summed E-state index contributed by atoms with van der Waals surface area (Å²) in [5, 5.41) is 0. The van der Waals surface area contributed by atoms with E-state index in [1.165, 1.54) is 31.5 Å². The molecule has 0 N–H and O–H groups in total. The molecule has 4 rings (SSSR count). The van der Waals surface area contributed by atoms with Gasteiger partial charge in [-0.15, -0.1) is 35.3 Å². The average Bonchev–Trinajstić information content (AvgIpc) is 3.02. The Morgan fingerprint density at radius 1 is 0.667 bits per heavy atom. The molecule has 0 spiro atoms. The lowest BCUT2D eigenvalue weighted by Crippen LogP contribution is -2.00. The maximum Gasteiger partial charge on any atom is 0.0684 e. The largest absolute Gasteiger partial charge is 0.334 e. The Hall–Kier alpha value is 2.28. The lowest BCUT2D eigenvalue weighted by Gasteiger charge is -2.34. The van der Waals surface area contributed by atoms with Crippen molar-refractivity contribution in [1.29, 1.82) is 0 Å². The minimum absolute atomic E-state index is 1.28. The van der Waals surface area contributed by atoms with Crippen molar-refractivity contribution in [3.63, 3.8) is 0 Å². The van der Waals surface area contributed by atoms with Crippen LogP contribution in [0.5, 0.6) is 0 Å². The summed E-state index contributed by atoms with van der Waals surface area (Å²) in [7, 11) is 0. The van der Waals surface area contributed by atoms with Gasteiger partial charge < -0.3 is 11.8 Å². The molecule has 0 aromatic heterocycles. The van der Waals surface area contributed by atoms with Crippen LogP contribution in [0, 0.1) is 9.16 Å². The van der Waals surface area contributed by atoms with Gasteiger partial charge in [0.15, 0.2) is 0 Å². The standard InChI is InChI=1S/C10H8S8/c1-2-12-6-5(11-1)15-9(16-6)10-17-7-8(18-10)14-4-3-13-7/h1-4H2/q-1. The second-order valence-electron chi connectivity index (χ2n) is 3.53. The fraction of sp³-hybridized carbons (Fsp3) is 0.400. The van der Waals surface area contributed by atoms with Gasteiger partial charge >= 0.3 is 0 Å². The normalized spacial score (nSPS) is 30.0. The molecule has 0 aromatic rings. The lowest BCUT2D eigenvalue weighted by molar-refractivity contribution is 1.52. The molecule has 0 unspecified atom stereocenters. The van der Waals surface area contributed by atoms with E-state index in [2.05, 4.69) is 0 Å². The average molecular weight is 385 g/mol. The van der Waals surface area contributed by atoms with Crippen molar-refractivity contribution in [2.75, 3.05) is 23.0 Å². The van der Waals surface area contributed by atoms with Gasteiger partial charge in [-0.1, -0.05) is 23.5 Å². The van der Waals surface area contributed by atoms with Crippen molar-refractivity contribution in [2.45, 2.75) is 0 Å². The fourth-order valence-electron chi connectivity index (χ4n) is 1.60. The Morgan fingerprint density at radius 3 is 2.11 bits per heavy atom. The summed E-state index contributed by atoms with van der Waals surface area (Å²) in [4.78, 5) is 0. The van der Waals surface area contributed by atoms with Crippen LogP contribution in [0.4, 0.5) is 0 Å². The van der Waals surface area contributed by atoms with E-state index in [1.54, 1.807) is 17.6 Å². The molecule has 2 fully saturated rings. The van der Waals surface area contributed by atoms with Crippen LogP contribution in [0.3, 0.4) is 0 Å². The maximum atomic E-state index is 2.05. The molecule has 0 aliphatic carbocycles. The molecule has 4 heterocycles. The first-order valence-electron chi connectivity index (χ1n) is 5.35. The van der Waals surface area contributed by atoms with Gasteiger partial charge in [-0.2, -0.15) is 16.3 Å². The van der Waals surface area contributed by atoms with Gasteiger partial charge in [0.2, 0.25) is 0 Å². The molecule has 8 heteroatoms. The van der Waals surface area contributed by atoms with Crippen LogP contribution in [-0.4, -0.2) is 23.0 Å². The Kier molecular flexibility index (Phi) is 4.78. The van der Waals surface area contributed by atoms with Crippen molar-refractivity contribution in [3.8, 4) is 0 Å². The summed E-state index contributed by atoms with van der Waals surface area (Å²) in [6, 6.07) is 0. The van der Waals surface area contributed by atoms with E-state index in [9.17, 15) is 0 Å². The van der Waals surface area contributed by atoms with E-state index in [4.69, 9.17) is 0 Å². The summed E-state index contributed by atoms with van der Waals surface area (Å²) in [5.41, 5.74) is 0. The molecule has 1 radical (unpaired) electrons. The lowest BCUT2D eigenvalue weighted by atomic mass is 10.9. The molecule has 0 saturated carbocycles. The smallest absolute Gasteiger partial charge is 0.0684 e. The van der Waals surface area contributed by atoms with E-state index in [1.807, 2.05) is 94.1 Å². The van der Waals surface area contributed by atoms with Crippen LogP contribution in [0.25, 0.3) is 0 Å². The van der Waals surface area contributed by atoms with Crippen LogP contribution < -0.4 is 0 Å². The van der Waals surface area contributed by atoms with Gasteiger partial charge in [0.25, 0.3) is 0 Å². The molecular formula is C10H8S8-. The zero-order valence-electron chi connectivity index (χ0n) is 9.09. The van der Waals surface area contributed by atoms with E-state index < -0.39 is 0 Å². The quantitative estimate of drug-likeness (QED) is 0.451. The van der Waals surface area contributed by atoms with Crippen LogP contribution in [-0.2, 0) is 0 Å². The monoisotopic (exact) mass is 384 g/mol. The first-order valence-corrected chi connectivity index (χ1v) is 12.6. The van der Waals surface area contributed by atoms with Crippen LogP contribution in [0.15, 0.2) is 16.9 Å². The van der Waals surface area contributed by atoms with Crippen molar-refractivity contribution in [2.24, 2.45) is 0 Å². The van der Waals surface area contributed by atoms with Gasteiger partial charge in [0.1, 0.15) is 0 Å². The number of fused-ring (bicyclic) bond motifs is 1. The Balaban J connectivity index is 1.52. The highest BCUT2D eigenvalue weighted by Crippen LogP contribution is 2.71. The van der Waals surface area contributed by atoms with Crippen molar-refractivity contribution in [3.05, 3.63) is 26.1 Å². The third-order valence-electron chi connectivity index (χ3n) is 2.34. The topological polar surface area (TPSA) is 0 Å². The minimum atomic E-state index is 1.28. The SMILES string of the molecule is C1CS[C-]2SC(=C3SC4=C(SCCS4)S3)S[C]2S1. The summed E-state index contributed by atoms with van der Waals surface area (Å²) in [6.07, 6.45) is 0. The number of rotatable bonds is 0. The first-order chi connectivity index (χ1) is 8.90. The highest BCUT2D eigenvalue weighted by atomic mass is 32.3. The third-order valence-corrected chi connectivity index (χ3v) is 14.4. The highest BCUT2D eigenvalue weighted by Gasteiger charge is 2.31. The molecule has 4 aliphatic rings. The summed E-state index contributed by atoms with van der Waals surface area (Å²) >= 11 is 16.2. The van der Waals surface area contributed by atoms with Crippen molar-refractivity contribution in [1.82, 2.24) is 0 Å². The summed E-state index contributed by atoms with van der Waals surface area (Å²) in [6.45, 7) is 0. The van der Waals surface area contributed by atoms with E-state index in [0.717, 1.165) is 0 Å². The molecule has 4 aliphatic heterocycles. The van der Waals surface area contributed by atoms with E-state index >= 15 is 0 Å². The van der Waals surface area contributed by atoms with Gasteiger partial charge in [0, 0.05) is 15.7 Å². The first kappa shape index (κ1) is 13.9. The predicted molar refractivity (Wildman–Crippen MR) is 101 cm³/mol. The molecular weight excluding hydrogens is 377 g/mol. The third kappa shape index (κ3) is 2.78. The molecule has 0 aromatic carbocycles. The van der Waals surface area contributed by atoms with Crippen LogP contribution in [0.1, 0.15) is 0 Å². The van der Waals surface area contributed by atoms with Gasteiger partial charge in [0.05, 0.1) is 12.7 Å². The summed E-state index contributed by atoms with van der Waals surface area (Å²) < 4.78 is 9.31. The second-order valence-corrected chi connectivity index (χ2v) is 13.6. The fourth-order valence-corrected chi connectivity index (χ4v) is 13.8. The molecule has 2 saturated heterocycles. The van der Waals surface area contributed by atoms with Gasteiger partial charge in [-0.05, 0) is 16.1 Å². The van der Waals surface area contributed by atoms with E-state index in [-0.39, 0.29) is 0 Å². The maximum absolute atomic E-state index is 2.05. The molecule has 0 atom stereocenters. The van der Waals surface area contributed by atoms with Crippen molar-refractivity contribution < 1.29 is 0 Å². The van der Waals surface area contributed by atoms with Crippen molar-refractivity contribution >= 4 is 94.1 Å². The number of hydrogen-bond donors (Lipinski definition) is 0. The Bertz CT molecular complexity index is 392. The number of thioether (sulfide) groups is 8. The Morgan fingerprint density at radius 2 is 1.39 bits per heavy atom. The zero-order valence-corrected chi connectivity index (χ0v) is 15.6. The highest BCUT2D eigenvalue weighted by molar-refractivity contribution is 8.45. The predicted octanol–water partition coefficient (Wildman–Crippen LogP) is 6.14. The van der Waals surface area contributed by atoms with Gasteiger partial charge in [-0.25, -0.2) is 0 Å². The van der Waals surface area contributed by atoms with E-state index in [0.29, 0.717) is 0 Å². The second kappa shape index (κ2) is 6.18. The zero-order chi connectivity index (χ0) is 11.9. The molecule has 0 bridgehead atoms. The molecule has 18 heavy (non-hydrogen) atoms. The minimum Gasteiger partial charge on any atom is -0.334 e. The van der Waals surface area contributed by atoms with Crippen LogP contribution in [0.2, 0.25) is 0 Å². The molecule has 97 valence electrons. The molecule has 0 amide bonds. The Labute approximate surface area is 142 Å². The van der Waals surface area contributed by atoms with Crippen LogP contribution >= 0.6 is 94.1 Å². The molecule has 0 nitrogen and oxygen atoms in total. The summed E-state index contributed by atoms with van der Waals surface area (Å²) in [5.74, 6) is 5.11. The number of hydrogen-bond acceptors (Lipinski definition) is 8.